The summed E-state index contributed by atoms with van der Waals surface area (Å²) >= 11 is 7.79. The van der Waals surface area contributed by atoms with Crippen LogP contribution in [0.1, 0.15) is 6.42 Å². The molecule has 1 atom stereocenters. The summed E-state index contributed by atoms with van der Waals surface area (Å²) in [6.07, 6.45) is 0.480. The quantitative estimate of drug-likeness (QED) is 0.488. The van der Waals surface area contributed by atoms with Crippen LogP contribution in [0.4, 0.5) is 0 Å². The molecule has 0 aromatic carbocycles. The van der Waals surface area contributed by atoms with Gasteiger partial charge in [0.05, 0.1) is 6.10 Å². The van der Waals surface area contributed by atoms with E-state index >= 15 is 0 Å². The van der Waals surface area contributed by atoms with E-state index in [2.05, 4.69) is 25.3 Å². The van der Waals surface area contributed by atoms with Gasteiger partial charge in [-0.2, -0.15) is 25.3 Å². The van der Waals surface area contributed by atoms with Crippen LogP contribution in [0.3, 0.4) is 0 Å². The van der Waals surface area contributed by atoms with E-state index in [4.69, 9.17) is 5.11 Å². The van der Waals surface area contributed by atoms with Gasteiger partial charge < -0.3 is 5.11 Å². The highest BCUT2D eigenvalue weighted by atomic mass is 32.1. The van der Waals surface area contributed by atoms with Crippen molar-refractivity contribution >= 4 is 25.3 Å². The Bertz CT molecular complexity index is 40.7. The van der Waals surface area contributed by atoms with E-state index in [1.54, 1.807) is 0 Å². The van der Waals surface area contributed by atoms with Crippen LogP contribution < -0.4 is 0 Å². The van der Waals surface area contributed by atoms with Crippen molar-refractivity contribution in [1.82, 2.24) is 0 Å². The molecule has 0 amide bonds. The summed E-state index contributed by atoms with van der Waals surface area (Å²) in [5.41, 5.74) is 0. The van der Waals surface area contributed by atoms with E-state index in [1.165, 1.54) is 0 Å². The van der Waals surface area contributed by atoms with Crippen molar-refractivity contribution in [1.29, 1.82) is 0 Å². The fraction of sp³-hybridized carbons (Fsp3) is 1.00. The Labute approximate surface area is 54.9 Å². The zero-order valence-corrected chi connectivity index (χ0v) is 5.83. The fourth-order valence-corrected chi connectivity index (χ4v) is 0.721. The lowest BCUT2D eigenvalue weighted by Crippen LogP contribution is -2.07. The van der Waals surface area contributed by atoms with Crippen LogP contribution in [0.5, 0.6) is 0 Å². The molecular formula is C4H10OS2. The number of hydrogen-bond donors (Lipinski definition) is 3. The second-order valence-electron chi connectivity index (χ2n) is 1.35. The lowest BCUT2D eigenvalue weighted by atomic mass is 10.3. The predicted octanol–water partition coefficient (Wildman–Crippen LogP) is 0.597. The van der Waals surface area contributed by atoms with E-state index in [0.717, 1.165) is 12.2 Å². The van der Waals surface area contributed by atoms with Crippen LogP contribution in [0, 0.1) is 0 Å². The van der Waals surface area contributed by atoms with E-state index in [-0.39, 0.29) is 6.10 Å². The minimum atomic E-state index is -0.263. The average molecular weight is 138 g/mol. The monoisotopic (exact) mass is 138 g/mol. The van der Waals surface area contributed by atoms with Gasteiger partial charge in [0.1, 0.15) is 0 Å². The maximum atomic E-state index is 8.73. The fourth-order valence-electron chi connectivity index (χ4n) is 0.240. The van der Waals surface area contributed by atoms with Gasteiger partial charge in [0, 0.05) is 5.75 Å². The molecule has 1 N–H and O–H groups in total. The first-order valence-corrected chi connectivity index (χ1v) is 3.47. The lowest BCUT2D eigenvalue weighted by molar-refractivity contribution is 0.197. The normalized spacial score (nSPS) is 14.1. The molecule has 0 rings (SSSR count). The summed E-state index contributed by atoms with van der Waals surface area (Å²) < 4.78 is 0. The molecule has 0 heterocycles. The SMILES string of the molecule is O[C@@H](CS)CCS. The maximum Gasteiger partial charge on any atom is 0.0635 e. The third-order valence-corrected chi connectivity index (χ3v) is 1.35. The molecule has 0 bridgehead atoms. The Morgan fingerprint density at radius 3 is 2.14 bits per heavy atom. The molecule has 0 aromatic heterocycles. The first kappa shape index (κ1) is 7.66. The van der Waals surface area contributed by atoms with Crippen LogP contribution in [0.2, 0.25) is 0 Å². The minimum absolute atomic E-state index is 0.263. The molecule has 3 heteroatoms. The first-order valence-electron chi connectivity index (χ1n) is 2.21. The largest absolute Gasteiger partial charge is 0.392 e. The van der Waals surface area contributed by atoms with Crippen molar-refractivity contribution in [3.8, 4) is 0 Å². The van der Waals surface area contributed by atoms with Gasteiger partial charge in [0.15, 0.2) is 0 Å². The Morgan fingerprint density at radius 2 is 2.00 bits per heavy atom. The Balaban J connectivity index is 2.83. The van der Waals surface area contributed by atoms with E-state index in [0.29, 0.717) is 5.75 Å². The molecule has 0 aliphatic carbocycles. The number of rotatable bonds is 3. The molecule has 0 fully saturated rings. The minimum Gasteiger partial charge on any atom is -0.392 e. The molecule has 1 nitrogen and oxygen atoms in total. The van der Waals surface area contributed by atoms with Crippen molar-refractivity contribution < 1.29 is 5.11 Å². The number of hydrogen-bond acceptors (Lipinski definition) is 3. The standard InChI is InChI=1S/C4H10OS2/c5-4(3-7)1-2-6/h4-7H,1-3H2/t4-/m1/s1. The molecule has 0 aromatic rings. The molecular weight excluding hydrogens is 128 g/mol. The molecule has 0 radical (unpaired) electrons. The molecule has 0 aliphatic heterocycles. The summed E-state index contributed by atoms with van der Waals surface area (Å²) in [5, 5.41) is 8.73. The highest BCUT2D eigenvalue weighted by Gasteiger charge is 1.95. The lowest BCUT2D eigenvalue weighted by Gasteiger charge is -2.00. The Kier molecular flexibility index (Phi) is 5.26. The van der Waals surface area contributed by atoms with Crippen molar-refractivity contribution in [3.63, 3.8) is 0 Å². The van der Waals surface area contributed by atoms with Crippen LogP contribution in [0.15, 0.2) is 0 Å². The summed E-state index contributed by atoms with van der Waals surface area (Å²) in [6.45, 7) is 0. The zero-order valence-electron chi connectivity index (χ0n) is 4.04. The summed E-state index contributed by atoms with van der Waals surface area (Å²) in [4.78, 5) is 0. The van der Waals surface area contributed by atoms with E-state index in [9.17, 15) is 0 Å². The van der Waals surface area contributed by atoms with Crippen LogP contribution in [0.25, 0.3) is 0 Å². The molecule has 0 unspecified atom stereocenters. The second kappa shape index (κ2) is 4.81. The molecule has 0 aliphatic rings. The van der Waals surface area contributed by atoms with Crippen LogP contribution in [-0.4, -0.2) is 22.7 Å². The Hall–Kier alpha value is 0.660. The van der Waals surface area contributed by atoms with Crippen molar-refractivity contribution in [3.05, 3.63) is 0 Å². The predicted molar refractivity (Wildman–Crippen MR) is 38.3 cm³/mol. The van der Waals surface area contributed by atoms with E-state index in [1.807, 2.05) is 0 Å². The maximum absolute atomic E-state index is 8.73. The third kappa shape index (κ3) is 4.51. The summed E-state index contributed by atoms with van der Waals surface area (Å²) in [6, 6.07) is 0. The van der Waals surface area contributed by atoms with Gasteiger partial charge in [-0.05, 0) is 12.2 Å². The topological polar surface area (TPSA) is 20.2 Å². The van der Waals surface area contributed by atoms with Gasteiger partial charge in [-0.25, -0.2) is 0 Å². The van der Waals surface area contributed by atoms with Crippen molar-refractivity contribution in [2.75, 3.05) is 11.5 Å². The van der Waals surface area contributed by atoms with Gasteiger partial charge in [-0.3, -0.25) is 0 Å². The molecule has 0 saturated heterocycles. The molecule has 7 heavy (non-hydrogen) atoms. The van der Waals surface area contributed by atoms with Gasteiger partial charge in [0.25, 0.3) is 0 Å². The molecule has 44 valence electrons. The number of aliphatic hydroxyl groups is 1. The van der Waals surface area contributed by atoms with Crippen molar-refractivity contribution in [2.24, 2.45) is 0 Å². The Morgan fingerprint density at radius 1 is 1.43 bits per heavy atom. The van der Waals surface area contributed by atoms with E-state index < -0.39 is 0 Å². The first-order chi connectivity index (χ1) is 3.31. The number of aliphatic hydroxyl groups excluding tert-OH is 1. The van der Waals surface area contributed by atoms with Gasteiger partial charge in [-0.1, -0.05) is 0 Å². The van der Waals surface area contributed by atoms with Crippen molar-refractivity contribution in [2.45, 2.75) is 12.5 Å². The smallest absolute Gasteiger partial charge is 0.0635 e. The zero-order chi connectivity index (χ0) is 5.70. The molecule has 0 spiro atoms. The van der Waals surface area contributed by atoms with Crippen LogP contribution >= 0.6 is 25.3 Å². The van der Waals surface area contributed by atoms with Gasteiger partial charge >= 0.3 is 0 Å². The van der Waals surface area contributed by atoms with Gasteiger partial charge in [0.2, 0.25) is 0 Å². The van der Waals surface area contributed by atoms with Crippen LogP contribution in [-0.2, 0) is 0 Å². The molecule has 0 saturated carbocycles. The number of thiol groups is 2. The van der Waals surface area contributed by atoms with Gasteiger partial charge in [-0.15, -0.1) is 0 Å². The average Bonchev–Trinajstić information content (AvgIpc) is 1.68. The summed E-state index contributed by atoms with van der Waals surface area (Å²) in [7, 11) is 0. The third-order valence-electron chi connectivity index (χ3n) is 0.673. The summed E-state index contributed by atoms with van der Waals surface area (Å²) in [5.74, 6) is 1.28. The highest BCUT2D eigenvalue weighted by molar-refractivity contribution is 7.80. The highest BCUT2D eigenvalue weighted by Crippen LogP contribution is 1.94. The second-order valence-corrected chi connectivity index (χ2v) is 2.16.